The molecule has 0 radical (unpaired) electrons. The van der Waals surface area contributed by atoms with Crippen LogP contribution in [0.3, 0.4) is 0 Å². The summed E-state index contributed by atoms with van der Waals surface area (Å²) in [4.78, 5) is 46.2. The zero-order valence-electron chi connectivity index (χ0n) is 16.5. The number of carbonyl (C=O) groups excluding carboxylic acids is 2. The Kier molecular flexibility index (Phi) is 5.13. The maximum absolute atomic E-state index is 13.1. The summed E-state index contributed by atoms with van der Waals surface area (Å²) in [5.41, 5.74) is 1.59. The number of hydrogen-bond acceptors (Lipinski definition) is 5. The van der Waals surface area contributed by atoms with E-state index < -0.39 is 11.9 Å². The summed E-state index contributed by atoms with van der Waals surface area (Å²) in [7, 11) is 0. The number of nitrogens with zero attached hydrogens (tertiary/aromatic N) is 4. The van der Waals surface area contributed by atoms with E-state index in [-0.39, 0.29) is 34.6 Å². The topological polar surface area (TPSA) is 95.0 Å². The quantitative estimate of drug-likeness (QED) is 0.511. The van der Waals surface area contributed by atoms with E-state index in [0.29, 0.717) is 11.3 Å². The number of rotatable bonds is 3. The molecule has 0 N–H and O–H groups in total. The molecule has 0 fully saturated rings. The number of carbonyl (C=O) groups is 2. The SMILES string of the molecule is CCOC(=O)c1cc2c(=O)n3cccc(C)c3nc2n(C(C)C)c1=NC(C)=O. The highest BCUT2D eigenvalue weighted by Gasteiger charge is 2.21. The summed E-state index contributed by atoms with van der Waals surface area (Å²) in [5, 5.41) is 0.252. The Labute approximate surface area is 161 Å². The summed E-state index contributed by atoms with van der Waals surface area (Å²) in [6.45, 7) is 8.75. The van der Waals surface area contributed by atoms with E-state index in [0.717, 1.165) is 5.56 Å². The minimum atomic E-state index is -0.646. The Balaban J connectivity index is 2.63. The average Bonchev–Trinajstić information content (AvgIpc) is 2.61. The zero-order chi connectivity index (χ0) is 20.6. The van der Waals surface area contributed by atoms with E-state index in [1.165, 1.54) is 17.4 Å². The van der Waals surface area contributed by atoms with Gasteiger partial charge in [-0.05, 0) is 45.4 Å². The van der Waals surface area contributed by atoms with Crippen molar-refractivity contribution in [1.29, 1.82) is 0 Å². The van der Waals surface area contributed by atoms with E-state index in [1.807, 2.05) is 26.8 Å². The predicted molar refractivity (Wildman–Crippen MR) is 104 cm³/mol. The summed E-state index contributed by atoms with van der Waals surface area (Å²) in [5.74, 6) is -1.11. The molecule has 3 rings (SSSR count). The van der Waals surface area contributed by atoms with Gasteiger partial charge in [-0.15, -0.1) is 0 Å². The van der Waals surface area contributed by atoms with Crippen molar-refractivity contribution in [2.24, 2.45) is 4.99 Å². The van der Waals surface area contributed by atoms with Crippen LogP contribution in [-0.2, 0) is 9.53 Å². The van der Waals surface area contributed by atoms with E-state index >= 15 is 0 Å². The van der Waals surface area contributed by atoms with Crippen LogP contribution in [0.1, 0.15) is 49.7 Å². The smallest absolute Gasteiger partial charge is 0.341 e. The van der Waals surface area contributed by atoms with Crippen LogP contribution in [0.15, 0.2) is 34.2 Å². The molecule has 0 aromatic carbocycles. The fourth-order valence-electron chi connectivity index (χ4n) is 3.16. The van der Waals surface area contributed by atoms with Crippen molar-refractivity contribution in [3.63, 3.8) is 0 Å². The third-order valence-electron chi connectivity index (χ3n) is 4.33. The number of aromatic nitrogens is 3. The maximum Gasteiger partial charge on any atom is 0.341 e. The summed E-state index contributed by atoms with van der Waals surface area (Å²) in [6, 6.07) is 4.83. The number of pyridine rings is 2. The monoisotopic (exact) mass is 382 g/mol. The standard InChI is InChI=1S/C20H22N4O4/c1-6-28-20(27)15-10-14-17(24(11(2)3)18(15)21-13(5)25)22-16-12(4)8-7-9-23(16)19(14)26/h7-11H,6H2,1-5H3. The second-order valence-corrected chi connectivity index (χ2v) is 6.74. The highest BCUT2D eigenvalue weighted by Crippen LogP contribution is 2.16. The van der Waals surface area contributed by atoms with Crippen LogP contribution in [0.4, 0.5) is 0 Å². The van der Waals surface area contributed by atoms with Gasteiger partial charge in [-0.1, -0.05) is 6.07 Å². The highest BCUT2D eigenvalue weighted by molar-refractivity contribution is 5.93. The van der Waals surface area contributed by atoms with E-state index in [9.17, 15) is 14.4 Å². The molecule has 0 aliphatic heterocycles. The van der Waals surface area contributed by atoms with Gasteiger partial charge in [-0.3, -0.25) is 14.0 Å². The fourth-order valence-corrected chi connectivity index (χ4v) is 3.16. The lowest BCUT2D eigenvalue weighted by Gasteiger charge is -2.18. The number of esters is 1. The Morgan fingerprint density at radius 1 is 1.29 bits per heavy atom. The first-order chi connectivity index (χ1) is 13.3. The van der Waals surface area contributed by atoms with Crippen LogP contribution >= 0.6 is 0 Å². The van der Waals surface area contributed by atoms with Gasteiger partial charge in [0.25, 0.3) is 5.56 Å². The van der Waals surface area contributed by atoms with Crippen molar-refractivity contribution in [1.82, 2.24) is 14.0 Å². The molecule has 1 amide bonds. The minimum absolute atomic E-state index is 0.0600. The van der Waals surface area contributed by atoms with Crippen molar-refractivity contribution in [2.45, 2.75) is 40.7 Å². The van der Waals surface area contributed by atoms with Crippen LogP contribution in [-0.4, -0.2) is 32.4 Å². The van der Waals surface area contributed by atoms with E-state index in [1.54, 1.807) is 23.8 Å². The molecule has 146 valence electrons. The predicted octanol–water partition coefficient (Wildman–Crippen LogP) is 2.16. The van der Waals surface area contributed by atoms with Gasteiger partial charge in [0.1, 0.15) is 16.9 Å². The molecule has 0 bridgehead atoms. The molecular formula is C20H22N4O4. The molecule has 28 heavy (non-hydrogen) atoms. The molecule has 8 heteroatoms. The van der Waals surface area contributed by atoms with Crippen LogP contribution in [0, 0.1) is 6.92 Å². The Hall–Kier alpha value is -3.29. The highest BCUT2D eigenvalue weighted by atomic mass is 16.5. The normalized spacial score (nSPS) is 12.1. The molecule has 0 aliphatic carbocycles. The first kappa shape index (κ1) is 19.5. The van der Waals surface area contributed by atoms with Gasteiger partial charge in [0, 0.05) is 19.2 Å². The summed E-state index contributed by atoms with van der Waals surface area (Å²) >= 11 is 0. The maximum atomic E-state index is 13.1. The van der Waals surface area contributed by atoms with Crippen molar-refractivity contribution < 1.29 is 14.3 Å². The second-order valence-electron chi connectivity index (χ2n) is 6.74. The largest absolute Gasteiger partial charge is 0.462 e. The summed E-state index contributed by atoms with van der Waals surface area (Å²) < 4.78 is 8.21. The lowest BCUT2D eigenvalue weighted by atomic mass is 10.2. The van der Waals surface area contributed by atoms with Gasteiger partial charge in [-0.2, -0.15) is 4.99 Å². The molecule has 0 atom stereocenters. The van der Waals surface area contributed by atoms with E-state index in [4.69, 9.17) is 4.74 Å². The Morgan fingerprint density at radius 2 is 2.00 bits per heavy atom. The number of fused-ring (bicyclic) bond motifs is 2. The number of hydrogen-bond donors (Lipinski definition) is 0. The molecule has 0 saturated heterocycles. The van der Waals surface area contributed by atoms with Gasteiger partial charge < -0.3 is 9.30 Å². The van der Waals surface area contributed by atoms with Gasteiger partial charge in [-0.25, -0.2) is 9.78 Å². The Bertz CT molecular complexity index is 1230. The molecule has 3 aromatic heterocycles. The molecule has 0 spiro atoms. The molecule has 3 aromatic rings. The minimum Gasteiger partial charge on any atom is -0.462 e. The first-order valence-corrected chi connectivity index (χ1v) is 9.05. The van der Waals surface area contributed by atoms with Crippen molar-refractivity contribution >= 4 is 28.6 Å². The number of amides is 1. The fraction of sp³-hybridized carbons (Fsp3) is 0.350. The first-order valence-electron chi connectivity index (χ1n) is 9.05. The molecule has 0 aliphatic rings. The molecular weight excluding hydrogens is 360 g/mol. The van der Waals surface area contributed by atoms with Crippen molar-refractivity contribution in [3.05, 3.63) is 51.4 Å². The van der Waals surface area contributed by atoms with Crippen LogP contribution < -0.4 is 11.0 Å². The van der Waals surface area contributed by atoms with Crippen LogP contribution in [0.2, 0.25) is 0 Å². The average molecular weight is 382 g/mol. The third kappa shape index (κ3) is 3.21. The van der Waals surface area contributed by atoms with Gasteiger partial charge in [0.05, 0.1) is 12.0 Å². The van der Waals surface area contributed by atoms with Gasteiger partial charge >= 0.3 is 5.97 Å². The second kappa shape index (κ2) is 7.38. The number of ether oxygens (including phenoxy) is 1. The summed E-state index contributed by atoms with van der Waals surface area (Å²) in [6.07, 6.45) is 1.63. The lowest BCUT2D eigenvalue weighted by molar-refractivity contribution is -0.116. The van der Waals surface area contributed by atoms with Crippen LogP contribution in [0.25, 0.3) is 16.7 Å². The van der Waals surface area contributed by atoms with Crippen molar-refractivity contribution in [3.8, 4) is 0 Å². The zero-order valence-corrected chi connectivity index (χ0v) is 16.5. The lowest BCUT2D eigenvalue weighted by Crippen LogP contribution is -2.33. The van der Waals surface area contributed by atoms with Gasteiger partial charge in [0.2, 0.25) is 5.91 Å². The molecule has 0 unspecified atom stereocenters. The molecule has 8 nitrogen and oxygen atoms in total. The van der Waals surface area contributed by atoms with E-state index in [2.05, 4.69) is 9.98 Å². The van der Waals surface area contributed by atoms with Gasteiger partial charge in [0.15, 0.2) is 5.49 Å². The number of aryl methyl sites for hydroxylation is 1. The van der Waals surface area contributed by atoms with Crippen LogP contribution in [0.5, 0.6) is 0 Å². The Morgan fingerprint density at radius 3 is 2.61 bits per heavy atom. The third-order valence-corrected chi connectivity index (χ3v) is 4.33. The van der Waals surface area contributed by atoms with Crippen molar-refractivity contribution in [2.75, 3.05) is 6.61 Å². The molecule has 3 heterocycles. The molecule has 0 saturated carbocycles.